The molecule has 0 atom stereocenters. The van der Waals surface area contributed by atoms with Gasteiger partial charge in [0.05, 0.1) is 0 Å². The molecule has 0 heterocycles. The Morgan fingerprint density at radius 3 is 1.14 bits per heavy atom. The molecule has 0 spiro atoms. The van der Waals surface area contributed by atoms with Gasteiger partial charge < -0.3 is 13.8 Å². The number of rotatable bonds is 0. The monoisotopic (exact) mass is 163 g/mol. The van der Waals surface area contributed by atoms with Crippen molar-refractivity contribution < 1.29 is 43.9 Å². The topological polar surface area (TPSA) is 80.3 Å². The predicted octanol–water partition coefficient (Wildman–Crippen LogP) is -4.34. The molecule has 0 aliphatic carbocycles. The van der Waals surface area contributed by atoms with Crippen molar-refractivity contribution in [2.24, 2.45) is 0 Å². The van der Waals surface area contributed by atoms with Crippen molar-refractivity contribution in [1.82, 2.24) is 0 Å². The van der Waals surface area contributed by atoms with Crippen molar-refractivity contribution in [3.63, 3.8) is 0 Å². The van der Waals surface area contributed by atoms with Gasteiger partial charge in [-0.15, -0.1) is 0 Å². The molecule has 7 heteroatoms. The van der Waals surface area contributed by atoms with Gasteiger partial charge in [0.25, 0.3) is 0 Å². The molecule has 0 amide bonds. The Bertz CT molecular complexity index is 94.9. The van der Waals surface area contributed by atoms with Gasteiger partial charge in [0.2, 0.25) is 0 Å². The van der Waals surface area contributed by atoms with Crippen molar-refractivity contribution in [3.05, 3.63) is 0 Å². The summed E-state index contributed by atoms with van der Waals surface area (Å²) < 4.78 is 34.1. The van der Waals surface area contributed by atoms with Crippen LogP contribution >= 0.6 is 0 Å². The summed E-state index contributed by atoms with van der Waals surface area (Å²) in [6.45, 7) is 0. The van der Waals surface area contributed by atoms with Crippen LogP contribution in [0.15, 0.2) is 0 Å². The molecule has 0 N–H and O–H groups in total. The van der Waals surface area contributed by atoms with E-state index >= 15 is 0 Å². The Hall–Kier alpha value is 0.514. The molecule has 0 saturated heterocycles. The first-order valence-electron chi connectivity index (χ1n) is 0.667. The van der Waals surface area contributed by atoms with Crippen LogP contribution in [0.25, 0.3) is 0 Å². The van der Waals surface area contributed by atoms with Crippen LogP contribution in [0.2, 0.25) is 0 Å². The summed E-state index contributed by atoms with van der Waals surface area (Å²) in [5.74, 6) is 0. The first-order chi connectivity index (χ1) is 2.00. The SMILES string of the molecule is O=S(=O)([O-])[O-].[F-].[Ti+3]. The van der Waals surface area contributed by atoms with Crippen molar-refractivity contribution in [2.45, 2.75) is 0 Å². The van der Waals surface area contributed by atoms with Crippen LogP contribution in [-0.4, -0.2) is 17.5 Å². The van der Waals surface area contributed by atoms with Gasteiger partial charge in [0.1, 0.15) is 0 Å². The van der Waals surface area contributed by atoms with Crippen LogP contribution in [0.4, 0.5) is 0 Å². The van der Waals surface area contributed by atoms with Gasteiger partial charge in [0, 0.05) is 10.4 Å². The minimum absolute atomic E-state index is 0. The molecule has 0 aliphatic heterocycles. The second-order valence-corrected chi connectivity index (χ2v) is 1.22. The zero-order valence-electron chi connectivity index (χ0n) is 2.92. The Morgan fingerprint density at radius 2 is 1.14 bits per heavy atom. The molecular formula is FO4STi. The number of hydrogen-bond acceptors (Lipinski definition) is 4. The van der Waals surface area contributed by atoms with E-state index in [9.17, 15) is 0 Å². The van der Waals surface area contributed by atoms with E-state index in [1.54, 1.807) is 0 Å². The quantitative estimate of drug-likeness (QED) is 0.205. The standard InChI is InChI=1S/FH.H2O4S.Ti/c;1-5(2,3)4;/h1H;(H2,1,2,3,4);/q;;+3/p-3. The molecule has 7 heavy (non-hydrogen) atoms. The van der Waals surface area contributed by atoms with E-state index in [0.717, 1.165) is 0 Å². The summed E-state index contributed by atoms with van der Waals surface area (Å²) in [7, 11) is -5.17. The normalized spacial score (nSPS) is 8.29. The summed E-state index contributed by atoms with van der Waals surface area (Å²) >= 11 is 0. The van der Waals surface area contributed by atoms with Crippen molar-refractivity contribution in [3.8, 4) is 0 Å². The summed E-state index contributed by atoms with van der Waals surface area (Å²) in [4.78, 5) is 0. The van der Waals surface area contributed by atoms with Crippen LogP contribution in [-0.2, 0) is 32.1 Å². The number of hydrogen-bond donors (Lipinski definition) is 0. The third-order valence-electron chi connectivity index (χ3n) is 0. The molecule has 0 fully saturated rings. The molecule has 0 aromatic carbocycles. The van der Waals surface area contributed by atoms with Gasteiger partial charge in [-0.05, 0) is 0 Å². The maximum Gasteiger partial charge on any atom is 3.00 e. The van der Waals surface area contributed by atoms with Crippen LogP contribution in [0, 0.1) is 0 Å². The Kier molecular flexibility index (Phi) is 10.4. The molecule has 0 aromatic heterocycles. The van der Waals surface area contributed by atoms with Crippen molar-refractivity contribution in [1.29, 1.82) is 0 Å². The zero-order valence-corrected chi connectivity index (χ0v) is 5.30. The maximum atomic E-state index is 8.52. The second kappa shape index (κ2) is 4.67. The van der Waals surface area contributed by atoms with E-state index < -0.39 is 10.4 Å². The van der Waals surface area contributed by atoms with Gasteiger partial charge in [-0.3, -0.25) is 8.42 Å². The second-order valence-electron chi connectivity index (χ2n) is 0.408. The Morgan fingerprint density at radius 1 is 1.14 bits per heavy atom. The van der Waals surface area contributed by atoms with E-state index in [2.05, 4.69) is 0 Å². The fourth-order valence-corrected chi connectivity index (χ4v) is 0. The molecule has 0 aliphatic rings. The fraction of sp³-hybridized carbons (Fsp3) is 0. The first kappa shape index (κ1) is 15.6. The predicted molar refractivity (Wildman–Crippen MR) is 10.5 cm³/mol. The zero-order chi connectivity index (χ0) is 4.50. The van der Waals surface area contributed by atoms with Crippen LogP contribution in [0.5, 0.6) is 0 Å². The molecule has 1 radical (unpaired) electrons. The summed E-state index contributed by atoms with van der Waals surface area (Å²) in [6, 6.07) is 0. The molecule has 0 bridgehead atoms. The fourth-order valence-electron chi connectivity index (χ4n) is 0. The summed E-state index contributed by atoms with van der Waals surface area (Å²) in [6.07, 6.45) is 0. The van der Waals surface area contributed by atoms with E-state index in [0.29, 0.717) is 0 Å². The van der Waals surface area contributed by atoms with E-state index in [1.807, 2.05) is 0 Å². The van der Waals surface area contributed by atoms with E-state index in [1.165, 1.54) is 0 Å². The van der Waals surface area contributed by atoms with Crippen LogP contribution in [0.1, 0.15) is 0 Å². The third kappa shape index (κ3) is 502. The number of halogens is 1. The summed E-state index contributed by atoms with van der Waals surface area (Å²) in [5, 5.41) is 0. The molecule has 0 aromatic rings. The van der Waals surface area contributed by atoms with Crippen molar-refractivity contribution >= 4 is 10.4 Å². The molecule has 0 saturated carbocycles. The van der Waals surface area contributed by atoms with Gasteiger partial charge in [-0.2, -0.15) is 0 Å². The first-order valence-corrected chi connectivity index (χ1v) is 2.00. The van der Waals surface area contributed by atoms with Gasteiger partial charge >= 0.3 is 21.7 Å². The van der Waals surface area contributed by atoms with Gasteiger partial charge in [0.15, 0.2) is 0 Å². The van der Waals surface area contributed by atoms with Crippen LogP contribution < -0.4 is 4.70 Å². The third-order valence-corrected chi connectivity index (χ3v) is 0. The minimum Gasteiger partial charge on any atom is -1.00 e. The molecular weight excluding hydrogens is 163 g/mol. The molecule has 4 nitrogen and oxygen atoms in total. The van der Waals surface area contributed by atoms with E-state index in [-0.39, 0.29) is 26.4 Å². The van der Waals surface area contributed by atoms with Gasteiger partial charge in [-0.25, -0.2) is 0 Å². The minimum atomic E-state index is -5.17. The largest absolute Gasteiger partial charge is 3.00 e. The smallest absolute Gasteiger partial charge is 1.00 e. The maximum absolute atomic E-state index is 8.52. The summed E-state index contributed by atoms with van der Waals surface area (Å²) in [5.41, 5.74) is 0. The molecule has 0 unspecified atom stereocenters. The van der Waals surface area contributed by atoms with Crippen LogP contribution in [0.3, 0.4) is 0 Å². The van der Waals surface area contributed by atoms with E-state index in [4.69, 9.17) is 17.5 Å². The average molecular weight is 163 g/mol. The van der Waals surface area contributed by atoms with Gasteiger partial charge in [-0.1, -0.05) is 0 Å². The van der Waals surface area contributed by atoms with Crippen molar-refractivity contribution in [2.75, 3.05) is 0 Å². The molecule has 41 valence electrons. The Balaban J connectivity index is -0.0000000800. The Labute approximate surface area is 54.7 Å². The average Bonchev–Trinajstić information content (AvgIpc) is 0.722. The molecule has 0 rings (SSSR count).